The van der Waals surface area contributed by atoms with Crippen LogP contribution >= 0.6 is 0 Å². The average molecular weight is 191 g/mol. The first kappa shape index (κ1) is 8.99. The van der Waals surface area contributed by atoms with Crippen molar-refractivity contribution in [2.24, 2.45) is 0 Å². The lowest BCUT2D eigenvalue weighted by Crippen LogP contribution is -2.32. The van der Waals surface area contributed by atoms with E-state index in [2.05, 4.69) is 10.3 Å². The lowest BCUT2D eigenvalue weighted by Gasteiger charge is -2.21. The number of anilines is 1. The van der Waals surface area contributed by atoms with Gasteiger partial charge < -0.3 is 11.1 Å². The number of carbonyl (C=O) groups is 1. The molecule has 2 rings (SSSR count). The van der Waals surface area contributed by atoms with Crippen LogP contribution in [-0.2, 0) is 4.79 Å². The molecule has 1 aliphatic heterocycles. The van der Waals surface area contributed by atoms with E-state index in [1.807, 2.05) is 6.07 Å². The largest absolute Gasteiger partial charge is 0.399 e. The van der Waals surface area contributed by atoms with Crippen molar-refractivity contribution in [3.8, 4) is 0 Å². The van der Waals surface area contributed by atoms with E-state index in [0.29, 0.717) is 12.1 Å². The summed E-state index contributed by atoms with van der Waals surface area (Å²) in [6.07, 6.45) is 3.16. The number of amides is 1. The number of nitrogens with one attached hydrogen (secondary N) is 1. The van der Waals surface area contributed by atoms with Crippen LogP contribution in [0.3, 0.4) is 0 Å². The van der Waals surface area contributed by atoms with E-state index in [-0.39, 0.29) is 11.8 Å². The second-order valence-electron chi connectivity index (χ2n) is 3.55. The predicted octanol–water partition coefficient (Wildman–Crippen LogP) is 0.657. The Labute approximate surface area is 82.5 Å². The lowest BCUT2D eigenvalue weighted by atomic mass is 9.93. The molecule has 0 aromatic carbocycles. The summed E-state index contributed by atoms with van der Waals surface area (Å²) in [4.78, 5) is 15.4. The second-order valence-corrected chi connectivity index (χ2v) is 3.55. The van der Waals surface area contributed by atoms with Gasteiger partial charge in [0.25, 0.3) is 0 Å². The maximum Gasteiger partial charge on any atom is 0.220 e. The minimum atomic E-state index is 0.102. The van der Waals surface area contributed by atoms with E-state index in [4.69, 9.17) is 5.73 Å². The van der Waals surface area contributed by atoms with Crippen LogP contribution in [0.25, 0.3) is 0 Å². The van der Waals surface area contributed by atoms with Crippen molar-refractivity contribution in [2.45, 2.75) is 18.8 Å². The minimum absolute atomic E-state index is 0.102. The molecule has 4 heteroatoms. The number of rotatable bonds is 1. The second kappa shape index (κ2) is 3.65. The number of hydrogen-bond donors (Lipinski definition) is 2. The molecule has 1 aromatic rings. The molecule has 0 bridgehead atoms. The molecule has 3 N–H and O–H groups in total. The summed E-state index contributed by atoms with van der Waals surface area (Å²) in [6, 6.07) is 3.61. The van der Waals surface area contributed by atoms with Crippen molar-refractivity contribution < 1.29 is 4.79 Å². The number of pyridine rings is 1. The average Bonchev–Trinajstić information content (AvgIpc) is 2.18. The van der Waals surface area contributed by atoms with Gasteiger partial charge in [-0.2, -0.15) is 0 Å². The quantitative estimate of drug-likeness (QED) is 0.685. The zero-order valence-corrected chi connectivity index (χ0v) is 7.86. The minimum Gasteiger partial charge on any atom is -0.399 e. The normalized spacial score (nSPS) is 21.7. The molecule has 1 aromatic heterocycles. The van der Waals surface area contributed by atoms with Crippen LogP contribution in [0, 0.1) is 0 Å². The Bertz CT molecular complexity index is 351. The third-order valence-corrected chi connectivity index (χ3v) is 2.47. The van der Waals surface area contributed by atoms with Gasteiger partial charge in [-0.15, -0.1) is 0 Å². The fourth-order valence-electron chi connectivity index (χ4n) is 1.73. The number of piperidine rings is 1. The predicted molar refractivity (Wildman–Crippen MR) is 53.6 cm³/mol. The van der Waals surface area contributed by atoms with Gasteiger partial charge in [-0.1, -0.05) is 0 Å². The highest BCUT2D eigenvalue weighted by Gasteiger charge is 2.21. The van der Waals surface area contributed by atoms with Crippen molar-refractivity contribution in [3.05, 3.63) is 24.0 Å². The number of aromatic nitrogens is 1. The van der Waals surface area contributed by atoms with Gasteiger partial charge in [0, 0.05) is 36.5 Å². The fraction of sp³-hybridized carbons (Fsp3) is 0.400. The van der Waals surface area contributed by atoms with Crippen molar-refractivity contribution in [3.63, 3.8) is 0 Å². The summed E-state index contributed by atoms with van der Waals surface area (Å²) < 4.78 is 0. The van der Waals surface area contributed by atoms with Crippen LogP contribution < -0.4 is 11.1 Å². The molecule has 1 aliphatic rings. The highest BCUT2D eigenvalue weighted by Crippen LogP contribution is 2.24. The SMILES string of the molecule is Nc1ccnc([C@H]2CCNC(=O)C2)c1. The molecule has 14 heavy (non-hydrogen) atoms. The summed E-state index contributed by atoms with van der Waals surface area (Å²) >= 11 is 0. The lowest BCUT2D eigenvalue weighted by molar-refractivity contribution is -0.122. The van der Waals surface area contributed by atoms with Crippen LogP contribution in [-0.4, -0.2) is 17.4 Å². The third-order valence-electron chi connectivity index (χ3n) is 2.47. The van der Waals surface area contributed by atoms with E-state index >= 15 is 0 Å². The Morgan fingerprint density at radius 2 is 2.43 bits per heavy atom. The first-order valence-electron chi connectivity index (χ1n) is 4.74. The molecule has 2 heterocycles. The van der Waals surface area contributed by atoms with Crippen LogP contribution in [0.4, 0.5) is 5.69 Å². The van der Waals surface area contributed by atoms with Crippen molar-refractivity contribution >= 4 is 11.6 Å². The monoisotopic (exact) mass is 191 g/mol. The molecule has 0 aliphatic carbocycles. The highest BCUT2D eigenvalue weighted by atomic mass is 16.1. The van der Waals surface area contributed by atoms with Crippen LogP contribution in [0.2, 0.25) is 0 Å². The molecular weight excluding hydrogens is 178 g/mol. The fourth-order valence-corrected chi connectivity index (χ4v) is 1.73. The molecule has 1 saturated heterocycles. The summed E-state index contributed by atoms with van der Waals surface area (Å²) in [5.74, 6) is 0.331. The van der Waals surface area contributed by atoms with Crippen molar-refractivity contribution in [2.75, 3.05) is 12.3 Å². The number of hydrogen-bond acceptors (Lipinski definition) is 3. The van der Waals surface area contributed by atoms with E-state index in [0.717, 1.165) is 18.7 Å². The highest BCUT2D eigenvalue weighted by molar-refractivity contribution is 5.77. The molecule has 0 spiro atoms. The molecule has 0 radical (unpaired) electrons. The molecule has 0 unspecified atom stereocenters. The van der Waals surface area contributed by atoms with Crippen molar-refractivity contribution in [1.29, 1.82) is 0 Å². The molecule has 0 saturated carbocycles. The molecule has 1 fully saturated rings. The van der Waals surface area contributed by atoms with E-state index in [1.54, 1.807) is 12.3 Å². The Morgan fingerprint density at radius 1 is 1.57 bits per heavy atom. The molecule has 74 valence electrons. The number of nitrogen functional groups attached to an aromatic ring is 1. The Balaban J connectivity index is 2.17. The smallest absolute Gasteiger partial charge is 0.220 e. The Kier molecular flexibility index (Phi) is 2.35. The summed E-state index contributed by atoms with van der Waals surface area (Å²) in [7, 11) is 0. The van der Waals surface area contributed by atoms with E-state index in [1.165, 1.54) is 0 Å². The van der Waals surface area contributed by atoms with Crippen molar-refractivity contribution in [1.82, 2.24) is 10.3 Å². The van der Waals surface area contributed by atoms with Gasteiger partial charge >= 0.3 is 0 Å². The van der Waals surface area contributed by atoms with Gasteiger partial charge in [-0.05, 0) is 18.6 Å². The van der Waals surface area contributed by atoms with E-state index in [9.17, 15) is 4.79 Å². The maximum absolute atomic E-state index is 11.2. The molecule has 4 nitrogen and oxygen atoms in total. The number of nitrogens with two attached hydrogens (primary N) is 1. The summed E-state index contributed by atoms with van der Waals surface area (Å²) in [6.45, 7) is 0.736. The Morgan fingerprint density at radius 3 is 3.14 bits per heavy atom. The third kappa shape index (κ3) is 1.84. The first-order valence-corrected chi connectivity index (χ1v) is 4.74. The number of nitrogens with zero attached hydrogens (tertiary/aromatic N) is 1. The molecule has 1 amide bonds. The zero-order chi connectivity index (χ0) is 9.97. The van der Waals surface area contributed by atoms with Gasteiger partial charge in [-0.25, -0.2) is 0 Å². The Hall–Kier alpha value is -1.58. The van der Waals surface area contributed by atoms with Crippen LogP contribution in [0.1, 0.15) is 24.5 Å². The van der Waals surface area contributed by atoms with Gasteiger partial charge in [0.1, 0.15) is 0 Å². The van der Waals surface area contributed by atoms with Crippen LogP contribution in [0.5, 0.6) is 0 Å². The van der Waals surface area contributed by atoms with Gasteiger partial charge in [0.05, 0.1) is 0 Å². The molecular formula is C10H13N3O. The summed E-state index contributed by atoms with van der Waals surface area (Å²) in [5, 5.41) is 2.80. The number of carbonyl (C=O) groups excluding carboxylic acids is 1. The van der Waals surface area contributed by atoms with E-state index < -0.39 is 0 Å². The standard InChI is InChI=1S/C10H13N3O/c11-8-2-4-12-9(6-8)7-1-3-13-10(14)5-7/h2,4,6-7H,1,3,5H2,(H2,11,12)(H,13,14)/t7-/m0/s1. The van der Waals surface area contributed by atoms with Crippen LogP contribution in [0.15, 0.2) is 18.3 Å². The summed E-state index contributed by atoms with van der Waals surface area (Å²) in [5.41, 5.74) is 7.30. The first-order chi connectivity index (χ1) is 6.75. The molecule has 1 atom stereocenters. The van der Waals surface area contributed by atoms with Gasteiger partial charge in [-0.3, -0.25) is 9.78 Å². The van der Waals surface area contributed by atoms with Gasteiger partial charge in [0.2, 0.25) is 5.91 Å². The maximum atomic E-state index is 11.2. The van der Waals surface area contributed by atoms with Gasteiger partial charge in [0.15, 0.2) is 0 Å². The topological polar surface area (TPSA) is 68.0 Å². The zero-order valence-electron chi connectivity index (χ0n) is 7.86.